The zero-order valence-electron chi connectivity index (χ0n) is 8.86. The summed E-state index contributed by atoms with van der Waals surface area (Å²) in [5.74, 6) is 0. The minimum Gasteiger partial charge on any atom is -0.155 e. The Morgan fingerprint density at radius 2 is 1.93 bits per heavy atom. The van der Waals surface area contributed by atoms with Crippen LogP contribution in [0.3, 0.4) is 0 Å². The lowest BCUT2D eigenvalue weighted by molar-refractivity contribution is 0.966. The first-order valence-corrected chi connectivity index (χ1v) is 4.88. The summed E-state index contributed by atoms with van der Waals surface area (Å²) in [6.45, 7) is 3.98. The Morgan fingerprint density at radius 3 is 2.67 bits per heavy atom. The van der Waals surface area contributed by atoms with Crippen LogP contribution in [0, 0.1) is 6.92 Å². The molecule has 2 rings (SSSR count). The molecule has 2 nitrogen and oxygen atoms in total. The Morgan fingerprint density at radius 1 is 1.07 bits per heavy atom. The van der Waals surface area contributed by atoms with E-state index in [0.717, 1.165) is 17.0 Å². The molecular formula is C13H12N2. The normalized spacial score (nSPS) is 14.5. The topological polar surface area (TPSA) is 25.8 Å². The highest BCUT2D eigenvalue weighted by Crippen LogP contribution is 2.14. The molecule has 15 heavy (non-hydrogen) atoms. The fraction of sp³-hybridized carbons (Fsp3) is 0.154. The van der Waals surface area contributed by atoms with E-state index in [1.54, 1.807) is 0 Å². The highest BCUT2D eigenvalue weighted by atomic mass is 15.1. The van der Waals surface area contributed by atoms with Crippen molar-refractivity contribution in [2.45, 2.75) is 13.8 Å². The molecule has 0 saturated carbocycles. The van der Waals surface area contributed by atoms with E-state index in [2.05, 4.69) is 22.9 Å². The summed E-state index contributed by atoms with van der Waals surface area (Å²) >= 11 is 0. The van der Waals surface area contributed by atoms with Crippen molar-refractivity contribution >= 4 is 5.57 Å². The van der Waals surface area contributed by atoms with Gasteiger partial charge in [0.25, 0.3) is 0 Å². The lowest BCUT2D eigenvalue weighted by atomic mass is 10.1. The average Bonchev–Trinajstić information content (AvgIpc) is 2.44. The van der Waals surface area contributed by atoms with Crippen molar-refractivity contribution in [1.82, 2.24) is 10.2 Å². The van der Waals surface area contributed by atoms with Crippen LogP contribution in [0.15, 0.2) is 47.7 Å². The Labute approximate surface area is 89.4 Å². The molecule has 74 valence electrons. The van der Waals surface area contributed by atoms with Gasteiger partial charge in [-0.15, -0.1) is 10.8 Å². The molecule has 0 spiro atoms. The van der Waals surface area contributed by atoms with Crippen molar-refractivity contribution in [3.63, 3.8) is 0 Å². The van der Waals surface area contributed by atoms with Crippen LogP contribution in [-0.2, 0) is 0 Å². The van der Waals surface area contributed by atoms with Gasteiger partial charge in [-0.1, -0.05) is 17.7 Å². The first kappa shape index (κ1) is 9.63. The fourth-order valence-corrected chi connectivity index (χ4v) is 1.28. The molecule has 0 unspecified atom stereocenters. The van der Waals surface area contributed by atoms with Crippen LogP contribution in [0.4, 0.5) is 0 Å². The highest BCUT2D eigenvalue weighted by molar-refractivity contribution is 5.72. The predicted octanol–water partition coefficient (Wildman–Crippen LogP) is 2.84. The molecule has 1 aromatic rings. The standard InChI is InChI=1S/C13H12N2/c1-10-4-3-5-12(8-6-10)13-9-7-11(2)14-15-13/h3-4,6-9H,1-2H3. The summed E-state index contributed by atoms with van der Waals surface area (Å²) in [7, 11) is 0. The minimum absolute atomic E-state index is 0.858. The Balaban J connectivity index is 2.38. The molecule has 0 saturated heterocycles. The van der Waals surface area contributed by atoms with Gasteiger partial charge < -0.3 is 0 Å². The molecule has 0 bridgehead atoms. The van der Waals surface area contributed by atoms with Crippen LogP contribution in [-0.4, -0.2) is 10.2 Å². The van der Waals surface area contributed by atoms with E-state index in [0.29, 0.717) is 0 Å². The quantitative estimate of drug-likeness (QED) is 0.645. The van der Waals surface area contributed by atoms with Gasteiger partial charge in [0, 0.05) is 5.57 Å². The zero-order valence-corrected chi connectivity index (χ0v) is 8.86. The summed E-state index contributed by atoms with van der Waals surface area (Å²) < 4.78 is 0. The molecule has 1 aliphatic carbocycles. The van der Waals surface area contributed by atoms with Crippen LogP contribution < -0.4 is 0 Å². The predicted molar refractivity (Wildman–Crippen MR) is 61.2 cm³/mol. The van der Waals surface area contributed by atoms with E-state index < -0.39 is 0 Å². The summed E-state index contributed by atoms with van der Waals surface area (Å²) in [5.41, 5.74) is 7.13. The smallest absolute Gasteiger partial charge is 0.101 e. The van der Waals surface area contributed by atoms with Crippen molar-refractivity contribution in [3.8, 4) is 0 Å². The van der Waals surface area contributed by atoms with Gasteiger partial charge in [0.1, 0.15) is 5.69 Å². The molecule has 2 heteroatoms. The molecule has 0 aliphatic heterocycles. The molecule has 1 aromatic heterocycles. The number of aromatic nitrogens is 2. The monoisotopic (exact) mass is 196 g/mol. The van der Waals surface area contributed by atoms with Gasteiger partial charge in [-0.25, -0.2) is 0 Å². The molecule has 0 atom stereocenters. The minimum atomic E-state index is 0.858. The average molecular weight is 196 g/mol. The van der Waals surface area contributed by atoms with Gasteiger partial charge in [0.2, 0.25) is 0 Å². The molecule has 0 N–H and O–H groups in total. The number of hydrogen-bond donors (Lipinski definition) is 0. The second kappa shape index (κ2) is 4.07. The molecular weight excluding hydrogens is 184 g/mol. The lowest BCUT2D eigenvalue weighted by Gasteiger charge is -1.97. The Hall–Kier alpha value is -1.92. The van der Waals surface area contributed by atoms with E-state index in [1.807, 2.05) is 43.4 Å². The molecule has 0 aromatic carbocycles. The van der Waals surface area contributed by atoms with E-state index in [-0.39, 0.29) is 0 Å². The van der Waals surface area contributed by atoms with Gasteiger partial charge in [-0.3, -0.25) is 0 Å². The van der Waals surface area contributed by atoms with Gasteiger partial charge in [0.05, 0.1) is 5.69 Å². The van der Waals surface area contributed by atoms with Crippen LogP contribution in [0.1, 0.15) is 18.3 Å². The van der Waals surface area contributed by atoms with Crippen LogP contribution in [0.2, 0.25) is 0 Å². The molecule has 1 heterocycles. The summed E-state index contributed by atoms with van der Waals surface area (Å²) in [6.07, 6.45) is 7.99. The Bertz CT molecular complexity index is 484. The molecule has 0 fully saturated rings. The lowest BCUT2D eigenvalue weighted by Crippen LogP contribution is -1.91. The third-order valence-electron chi connectivity index (χ3n) is 2.17. The second-order valence-corrected chi connectivity index (χ2v) is 3.53. The van der Waals surface area contributed by atoms with E-state index in [1.165, 1.54) is 5.57 Å². The highest BCUT2D eigenvalue weighted by Gasteiger charge is 2.00. The van der Waals surface area contributed by atoms with Crippen molar-refractivity contribution in [2.75, 3.05) is 0 Å². The number of rotatable bonds is 1. The van der Waals surface area contributed by atoms with Crippen LogP contribution in [0.25, 0.3) is 5.57 Å². The van der Waals surface area contributed by atoms with Crippen LogP contribution in [0.5, 0.6) is 0 Å². The summed E-state index contributed by atoms with van der Waals surface area (Å²) in [6, 6.07) is 3.92. The largest absolute Gasteiger partial charge is 0.155 e. The summed E-state index contributed by atoms with van der Waals surface area (Å²) in [5, 5.41) is 8.15. The van der Waals surface area contributed by atoms with Gasteiger partial charge in [0.15, 0.2) is 0 Å². The van der Waals surface area contributed by atoms with E-state index >= 15 is 0 Å². The maximum atomic E-state index is 4.12. The molecule has 0 radical (unpaired) electrons. The summed E-state index contributed by atoms with van der Waals surface area (Å²) in [4.78, 5) is 0. The van der Waals surface area contributed by atoms with Gasteiger partial charge in [-0.05, 0) is 38.1 Å². The van der Waals surface area contributed by atoms with Crippen molar-refractivity contribution in [2.24, 2.45) is 0 Å². The molecule has 1 aliphatic rings. The first-order chi connectivity index (χ1) is 7.25. The van der Waals surface area contributed by atoms with E-state index in [9.17, 15) is 0 Å². The number of hydrogen-bond acceptors (Lipinski definition) is 2. The maximum Gasteiger partial charge on any atom is 0.101 e. The van der Waals surface area contributed by atoms with Crippen molar-refractivity contribution in [3.05, 3.63) is 59.1 Å². The fourth-order valence-electron chi connectivity index (χ4n) is 1.28. The van der Waals surface area contributed by atoms with E-state index in [4.69, 9.17) is 0 Å². The Kier molecular flexibility index (Phi) is 2.61. The van der Waals surface area contributed by atoms with Crippen LogP contribution >= 0.6 is 0 Å². The third kappa shape index (κ3) is 2.30. The SMILES string of the molecule is CC1=CC=C=C(c2ccc(C)nn2)C=C1. The zero-order chi connectivity index (χ0) is 10.7. The number of nitrogens with zero attached hydrogens (tertiary/aromatic N) is 2. The second-order valence-electron chi connectivity index (χ2n) is 3.53. The van der Waals surface area contributed by atoms with Gasteiger partial charge in [-0.2, -0.15) is 5.10 Å². The number of aryl methyl sites for hydroxylation is 1. The van der Waals surface area contributed by atoms with Crippen molar-refractivity contribution < 1.29 is 0 Å². The van der Waals surface area contributed by atoms with Gasteiger partial charge >= 0.3 is 0 Å². The molecule has 0 amide bonds. The number of allylic oxidation sites excluding steroid dienone is 5. The third-order valence-corrected chi connectivity index (χ3v) is 2.17. The first-order valence-electron chi connectivity index (χ1n) is 4.88. The maximum absolute atomic E-state index is 4.12. The van der Waals surface area contributed by atoms with Crippen molar-refractivity contribution in [1.29, 1.82) is 0 Å².